The Morgan fingerprint density at radius 3 is 2.50 bits per heavy atom. The van der Waals surface area contributed by atoms with E-state index in [1.807, 2.05) is 24.3 Å². The highest BCUT2D eigenvalue weighted by molar-refractivity contribution is 8.93. The number of halogens is 1. The third kappa shape index (κ3) is 5.72. The molecule has 2 rings (SSSR count). The van der Waals surface area contributed by atoms with Gasteiger partial charge in [0.05, 0.1) is 11.6 Å². The second-order valence-corrected chi connectivity index (χ2v) is 5.82. The summed E-state index contributed by atoms with van der Waals surface area (Å²) >= 11 is 1.18. The highest BCUT2D eigenvalue weighted by atomic mass is 79.9. The molecule has 0 radical (unpaired) electrons. The Kier molecular flexibility index (Phi) is 8.02. The fourth-order valence-electron chi connectivity index (χ4n) is 2.00. The molecule has 2 aromatic rings. The molecule has 0 spiro atoms. The Hall–Kier alpha value is -2.30. The third-order valence-electron chi connectivity index (χ3n) is 3.18. The molecule has 0 aliphatic carbocycles. The smallest absolute Gasteiger partial charge is 0.251 e. The van der Waals surface area contributed by atoms with Crippen LogP contribution < -0.4 is 11.1 Å². The highest BCUT2D eigenvalue weighted by Gasteiger charge is 2.11. The van der Waals surface area contributed by atoms with E-state index in [1.165, 1.54) is 11.8 Å². The minimum atomic E-state index is -0.172. The lowest BCUT2D eigenvalue weighted by atomic mass is 10.1. The van der Waals surface area contributed by atoms with Gasteiger partial charge < -0.3 is 11.1 Å². The van der Waals surface area contributed by atoms with Crippen molar-refractivity contribution in [3.63, 3.8) is 0 Å². The molecule has 0 heterocycles. The largest absolute Gasteiger partial charge is 0.379 e. The molecule has 1 amide bonds. The monoisotopic (exact) mass is 404 g/mol. The van der Waals surface area contributed by atoms with Crippen molar-refractivity contribution in [1.29, 1.82) is 10.7 Å². The maximum atomic E-state index is 12.3. The minimum Gasteiger partial charge on any atom is -0.379 e. The molecule has 0 bridgehead atoms. The van der Waals surface area contributed by atoms with E-state index in [0.717, 1.165) is 11.1 Å². The van der Waals surface area contributed by atoms with Gasteiger partial charge in [-0.2, -0.15) is 5.26 Å². The number of carbonyl (C=O) groups is 1. The van der Waals surface area contributed by atoms with Gasteiger partial charge in [-0.3, -0.25) is 10.2 Å². The van der Waals surface area contributed by atoms with Crippen molar-refractivity contribution < 1.29 is 4.79 Å². The quantitative estimate of drug-likeness (QED) is 0.525. The lowest BCUT2D eigenvalue weighted by molar-refractivity contribution is 0.0950. The standard InChI is InChI=1S/C17H16N4OS.BrH/c18-9-12-5-7-13(8-6-12)10-21-16(22)15-4-2-1-3-14(15)11-23-17(19)20;/h1-8H,10-11H2,(H3,19,20)(H,21,22);1H. The molecule has 2 aromatic carbocycles. The third-order valence-corrected chi connectivity index (χ3v) is 3.95. The Balaban J connectivity index is 0.00000288. The van der Waals surface area contributed by atoms with Crippen LogP contribution in [0.5, 0.6) is 0 Å². The van der Waals surface area contributed by atoms with Gasteiger partial charge in [0.1, 0.15) is 0 Å². The molecule has 0 atom stereocenters. The first-order valence-electron chi connectivity index (χ1n) is 6.92. The van der Waals surface area contributed by atoms with Gasteiger partial charge >= 0.3 is 0 Å². The van der Waals surface area contributed by atoms with Gasteiger partial charge in [0.25, 0.3) is 5.91 Å². The Bertz CT molecular complexity index is 756. The normalized spacial score (nSPS) is 9.46. The van der Waals surface area contributed by atoms with Crippen molar-refractivity contribution in [2.45, 2.75) is 12.3 Å². The maximum absolute atomic E-state index is 12.3. The van der Waals surface area contributed by atoms with Crippen molar-refractivity contribution in [3.05, 3.63) is 70.8 Å². The minimum absolute atomic E-state index is 0. The van der Waals surface area contributed by atoms with Crippen molar-refractivity contribution in [2.75, 3.05) is 0 Å². The van der Waals surface area contributed by atoms with Crippen LogP contribution in [-0.4, -0.2) is 11.1 Å². The van der Waals surface area contributed by atoms with E-state index >= 15 is 0 Å². The number of amides is 1. The first-order valence-corrected chi connectivity index (χ1v) is 7.90. The number of carbonyl (C=O) groups excluding carboxylic acids is 1. The van der Waals surface area contributed by atoms with Gasteiger partial charge in [0, 0.05) is 17.9 Å². The molecule has 0 fully saturated rings. The van der Waals surface area contributed by atoms with Crippen molar-refractivity contribution in [2.24, 2.45) is 5.73 Å². The van der Waals surface area contributed by atoms with Crippen LogP contribution >= 0.6 is 28.7 Å². The molecule has 0 aliphatic rings. The van der Waals surface area contributed by atoms with Gasteiger partial charge in [-0.25, -0.2) is 0 Å². The summed E-state index contributed by atoms with van der Waals surface area (Å²) in [6.45, 7) is 0.388. The van der Waals surface area contributed by atoms with Crippen LogP contribution in [-0.2, 0) is 12.3 Å². The fourth-order valence-corrected chi connectivity index (χ4v) is 2.56. The summed E-state index contributed by atoms with van der Waals surface area (Å²) in [5.74, 6) is 0.310. The summed E-state index contributed by atoms with van der Waals surface area (Å²) in [4.78, 5) is 12.3. The van der Waals surface area contributed by atoms with E-state index in [-0.39, 0.29) is 28.1 Å². The molecule has 0 aromatic heterocycles. The average molecular weight is 405 g/mol. The highest BCUT2D eigenvalue weighted by Crippen LogP contribution is 2.16. The molecule has 24 heavy (non-hydrogen) atoms. The Morgan fingerprint density at radius 2 is 1.88 bits per heavy atom. The van der Waals surface area contributed by atoms with Crippen LogP contribution in [0.15, 0.2) is 48.5 Å². The lowest BCUT2D eigenvalue weighted by Crippen LogP contribution is -2.24. The van der Waals surface area contributed by atoms with E-state index in [1.54, 1.807) is 24.3 Å². The number of nitrogens with zero attached hydrogens (tertiary/aromatic N) is 1. The summed E-state index contributed by atoms with van der Waals surface area (Å²) in [7, 11) is 0. The summed E-state index contributed by atoms with van der Waals surface area (Å²) in [5.41, 5.74) is 8.28. The summed E-state index contributed by atoms with van der Waals surface area (Å²) in [6, 6.07) is 16.4. The second-order valence-electron chi connectivity index (χ2n) is 4.80. The molecule has 4 N–H and O–H groups in total. The van der Waals surface area contributed by atoms with Crippen LogP contribution in [0.1, 0.15) is 27.0 Å². The molecule has 124 valence electrons. The van der Waals surface area contributed by atoms with Crippen molar-refractivity contribution >= 4 is 39.8 Å². The number of hydrogen-bond acceptors (Lipinski definition) is 4. The number of benzene rings is 2. The molecule has 5 nitrogen and oxygen atoms in total. The molecule has 0 saturated carbocycles. The molecular formula is C17H17BrN4OS. The lowest BCUT2D eigenvalue weighted by Gasteiger charge is -2.10. The topological polar surface area (TPSA) is 103 Å². The van der Waals surface area contributed by atoms with Crippen LogP contribution in [0.3, 0.4) is 0 Å². The molecule has 7 heteroatoms. The van der Waals surface area contributed by atoms with E-state index in [4.69, 9.17) is 16.4 Å². The summed E-state index contributed by atoms with van der Waals surface area (Å²) < 4.78 is 0. The predicted molar refractivity (Wildman–Crippen MR) is 102 cm³/mol. The molecule has 0 unspecified atom stereocenters. The number of hydrogen-bond donors (Lipinski definition) is 3. The number of rotatable bonds is 5. The van der Waals surface area contributed by atoms with E-state index < -0.39 is 0 Å². The van der Waals surface area contributed by atoms with E-state index in [2.05, 4.69) is 11.4 Å². The average Bonchev–Trinajstić information content (AvgIpc) is 2.58. The Morgan fingerprint density at radius 1 is 1.21 bits per heavy atom. The molecule has 0 saturated heterocycles. The number of nitrogens with one attached hydrogen (secondary N) is 2. The zero-order valence-corrected chi connectivity index (χ0v) is 15.3. The van der Waals surface area contributed by atoms with Gasteiger partial charge in [0.15, 0.2) is 5.17 Å². The molecule has 0 aliphatic heterocycles. The maximum Gasteiger partial charge on any atom is 0.251 e. The zero-order chi connectivity index (χ0) is 16.7. The molecular weight excluding hydrogens is 388 g/mol. The van der Waals surface area contributed by atoms with Crippen LogP contribution in [0.2, 0.25) is 0 Å². The zero-order valence-electron chi connectivity index (χ0n) is 12.8. The van der Waals surface area contributed by atoms with Gasteiger partial charge in [-0.05, 0) is 29.3 Å². The predicted octanol–water partition coefficient (Wildman–Crippen LogP) is 3.19. The number of nitrogens with two attached hydrogens (primary N) is 1. The Labute approximate surface area is 155 Å². The van der Waals surface area contributed by atoms with Crippen LogP contribution in [0, 0.1) is 16.7 Å². The first-order chi connectivity index (χ1) is 11.1. The SMILES string of the molecule is Br.N#Cc1ccc(CNC(=O)c2ccccc2CSC(=N)N)cc1. The van der Waals surface area contributed by atoms with Gasteiger partial charge in [-0.1, -0.05) is 42.1 Å². The summed E-state index contributed by atoms with van der Waals surface area (Å²) in [6.07, 6.45) is 0. The number of amidine groups is 1. The van der Waals surface area contributed by atoms with E-state index in [0.29, 0.717) is 23.4 Å². The van der Waals surface area contributed by atoms with Crippen LogP contribution in [0.25, 0.3) is 0 Å². The second kappa shape index (κ2) is 9.75. The summed E-state index contributed by atoms with van der Waals surface area (Å²) in [5, 5.41) is 18.9. The number of nitriles is 1. The van der Waals surface area contributed by atoms with Gasteiger partial charge in [0.2, 0.25) is 0 Å². The fraction of sp³-hybridized carbons (Fsp3) is 0.118. The van der Waals surface area contributed by atoms with E-state index in [9.17, 15) is 4.79 Å². The van der Waals surface area contributed by atoms with Crippen molar-refractivity contribution in [1.82, 2.24) is 5.32 Å². The van der Waals surface area contributed by atoms with Crippen molar-refractivity contribution in [3.8, 4) is 6.07 Å². The number of thioether (sulfide) groups is 1. The van der Waals surface area contributed by atoms with Gasteiger partial charge in [-0.15, -0.1) is 17.0 Å². The van der Waals surface area contributed by atoms with Crippen LogP contribution in [0.4, 0.5) is 0 Å². The first kappa shape index (κ1) is 19.7.